The molecule has 0 aliphatic carbocycles. The molecule has 110 valence electrons. The molecule has 1 aliphatic rings. The summed E-state index contributed by atoms with van der Waals surface area (Å²) in [6.07, 6.45) is 4.87. The van der Waals surface area contributed by atoms with Crippen molar-refractivity contribution in [2.24, 2.45) is 7.05 Å². The third-order valence-electron chi connectivity index (χ3n) is 4.43. The van der Waals surface area contributed by atoms with Gasteiger partial charge in [-0.1, -0.05) is 30.3 Å². The van der Waals surface area contributed by atoms with Gasteiger partial charge >= 0.3 is 5.97 Å². The van der Waals surface area contributed by atoms with E-state index in [2.05, 4.69) is 9.88 Å². The number of imidazole rings is 1. The fourth-order valence-electron chi connectivity index (χ4n) is 3.13. The number of rotatable bonds is 3. The number of aliphatic carboxylic acids is 1. The minimum Gasteiger partial charge on any atom is -0.481 e. The number of anilines is 1. The first-order valence-electron chi connectivity index (χ1n) is 7.15. The molecular formula is C16H19N3O2. The first-order chi connectivity index (χ1) is 10.1. The van der Waals surface area contributed by atoms with Crippen molar-refractivity contribution in [1.29, 1.82) is 0 Å². The van der Waals surface area contributed by atoms with Crippen molar-refractivity contribution in [2.75, 3.05) is 18.0 Å². The fourth-order valence-corrected chi connectivity index (χ4v) is 3.13. The van der Waals surface area contributed by atoms with Crippen molar-refractivity contribution in [2.45, 2.75) is 18.3 Å². The molecule has 0 bridgehead atoms. The highest BCUT2D eigenvalue weighted by atomic mass is 16.4. The number of piperidine rings is 1. The summed E-state index contributed by atoms with van der Waals surface area (Å²) in [5.74, 6) is 0.176. The Balaban J connectivity index is 1.85. The number of carbonyl (C=O) groups is 1. The zero-order valence-corrected chi connectivity index (χ0v) is 12.1. The molecule has 1 aliphatic heterocycles. The number of hydrogen-bond donors (Lipinski definition) is 1. The van der Waals surface area contributed by atoms with E-state index in [9.17, 15) is 9.90 Å². The molecule has 1 fully saturated rings. The Bertz CT molecular complexity index is 628. The molecule has 2 aromatic rings. The van der Waals surface area contributed by atoms with E-state index in [-0.39, 0.29) is 0 Å². The van der Waals surface area contributed by atoms with Gasteiger partial charge in [-0.2, -0.15) is 0 Å². The van der Waals surface area contributed by atoms with Crippen LogP contribution in [0.3, 0.4) is 0 Å². The molecule has 5 nitrogen and oxygen atoms in total. The zero-order chi connectivity index (χ0) is 14.9. The first kappa shape index (κ1) is 13.7. The van der Waals surface area contributed by atoms with Gasteiger partial charge in [-0.3, -0.25) is 4.79 Å². The van der Waals surface area contributed by atoms with Crippen LogP contribution in [0.25, 0.3) is 0 Å². The van der Waals surface area contributed by atoms with Crippen LogP contribution < -0.4 is 4.90 Å². The van der Waals surface area contributed by atoms with E-state index < -0.39 is 11.4 Å². The summed E-state index contributed by atoms with van der Waals surface area (Å²) >= 11 is 0. The third-order valence-corrected chi connectivity index (χ3v) is 4.43. The molecule has 0 saturated carbocycles. The van der Waals surface area contributed by atoms with Gasteiger partial charge in [-0.05, 0) is 18.4 Å². The molecule has 2 heterocycles. The fraction of sp³-hybridized carbons (Fsp3) is 0.375. The average molecular weight is 285 g/mol. The highest BCUT2D eigenvalue weighted by molar-refractivity contribution is 5.82. The van der Waals surface area contributed by atoms with Gasteiger partial charge in [-0.25, -0.2) is 4.98 Å². The van der Waals surface area contributed by atoms with Gasteiger partial charge in [0.05, 0.1) is 5.41 Å². The van der Waals surface area contributed by atoms with E-state index in [0.29, 0.717) is 25.9 Å². The average Bonchev–Trinajstić information content (AvgIpc) is 2.94. The van der Waals surface area contributed by atoms with Gasteiger partial charge in [0, 0.05) is 32.5 Å². The summed E-state index contributed by atoms with van der Waals surface area (Å²) in [6, 6.07) is 9.58. The number of nitrogens with zero attached hydrogens (tertiary/aromatic N) is 3. The van der Waals surface area contributed by atoms with Crippen molar-refractivity contribution >= 4 is 11.9 Å². The Morgan fingerprint density at radius 1 is 1.24 bits per heavy atom. The summed E-state index contributed by atoms with van der Waals surface area (Å²) in [5, 5.41) is 9.77. The number of aryl methyl sites for hydroxylation is 1. The second-order valence-corrected chi connectivity index (χ2v) is 5.58. The predicted molar refractivity (Wildman–Crippen MR) is 80.4 cm³/mol. The summed E-state index contributed by atoms with van der Waals surface area (Å²) in [6.45, 7) is 1.40. The Kier molecular flexibility index (Phi) is 3.41. The van der Waals surface area contributed by atoms with Gasteiger partial charge in [0.2, 0.25) is 5.95 Å². The number of carboxylic acid groups (broad SMARTS) is 1. The van der Waals surface area contributed by atoms with Crippen LogP contribution in [0.4, 0.5) is 5.95 Å². The van der Waals surface area contributed by atoms with E-state index in [1.54, 1.807) is 6.20 Å². The number of carboxylic acids is 1. The highest BCUT2D eigenvalue weighted by Crippen LogP contribution is 2.36. The molecular weight excluding hydrogens is 266 g/mol. The number of hydrogen-bond acceptors (Lipinski definition) is 3. The monoisotopic (exact) mass is 285 g/mol. The standard InChI is InChI=1S/C16H19N3O2/c1-18-12-9-17-15(18)19-10-7-16(8-11-19,14(20)21)13-5-3-2-4-6-13/h2-6,9,12H,7-8,10-11H2,1H3,(H,20,21). The van der Waals surface area contributed by atoms with Crippen molar-refractivity contribution in [1.82, 2.24) is 9.55 Å². The lowest BCUT2D eigenvalue weighted by atomic mass is 9.73. The molecule has 1 aromatic heterocycles. The molecule has 0 amide bonds. The molecule has 0 radical (unpaired) electrons. The van der Waals surface area contributed by atoms with Crippen molar-refractivity contribution in [3.8, 4) is 0 Å². The smallest absolute Gasteiger partial charge is 0.314 e. The Labute approximate surface area is 123 Å². The van der Waals surface area contributed by atoms with Crippen LogP contribution in [0.5, 0.6) is 0 Å². The Morgan fingerprint density at radius 3 is 2.43 bits per heavy atom. The van der Waals surface area contributed by atoms with E-state index in [1.807, 2.05) is 48.1 Å². The van der Waals surface area contributed by atoms with E-state index in [0.717, 1.165) is 11.5 Å². The maximum atomic E-state index is 11.9. The molecule has 3 rings (SSSR count). The lowest BCUT2D eigenvalue weighted by molar-refractivity contribution is -0.144. The minimum absolute atomic E-state index is 0.596. The van der Waals surface area contributed by atoms with Crippen LogP contribution in [-0.4, -0.2) is 33.7 Å². The molecule has 1 saturated heterocycles. The van der Waals surface area contributed by atoms with Crippen molar-refractivity contribution in [3.05, 3.63) is 48.3 Å². The van der Waals surface area contributed by atoms with Gasteiger partial charge in [0.25, 0.3) is 0 Å². The second-order valence-electron chi connectivity index (χ2n) is 5.58. The third kappa shape index (κ3) is 2.28. The van der Waals surface area contributed by atoms with Gasteiger partial charge < -0.3 is 14.6 Å². The number of benzene rings is 1. The predicted octanol–water partition coefficient (Wildman–Crippen LogP) is 2.04. The SMILES string of the molecule is Cn1ccnc1N1CCC(C(=O)O)(c2ccccc2)CC1. The molecule has 0 atom stereocenters. The molecule has 1 N–H and O–H groups in total. The van der Waals surface area contributed by atoms with Crippen LogP contribution in [0.15, 0.2) is 42.7 Å². The van der Waals surface area contributed by atoms with E-state index in [1.165, 1.54) is 0 Å². The summed E-state index contributed by atoms with van der Waals surface area (Å²) < 4.78 is 1.97. The molecule has 21 heavy (non-hydrogen) atoms. The van der Waals surface area contributed by atoms with Gasteiger partial charge in [0.1, 0.15) is 0 Å². The largest absolute Gasteiger partial charge is 0.481 e. The molecule has 0 spiro atoms. The van der Waals surface area contributed by atoms with Crippen LogP contribution in [-0.2, 0) is 17.3 Å². The first-order valence-corrected chi connectivity index (χ1v) is 7.15. The lowest BCUT2D eigenvalue weighted by Gasteiger charge is -2.39. The lowest BCUT2D eigenvalue weighted by Crippen LogP contribution is -2.48. The maximum Gasteiger partial charge on any atom is 0.314 e. The Hall–Kier alpha value is -2.30. The van der Waals surface area contributed by atoms with Crippen LogP contribution in [0, 0.1) is 0 Å². The van der Waals surface area contributed by atoms with Gasteiger partial charge in [0.15, 0.2) is 0 Å². The summed E-state index contributed by atoms with van der Waals surface area (Å²) in [7, 11) is 1.96. The molecule has 5 heteroatoms. The van der Waals surface area contributed by atoms with Crippen LogP contribution in [0.1, 0.15) is 18.4 Å². The van der Waals surface area contributed by atoms with E-state index in [4.69, 9.17) is 0 Å². The normalized spacial score (nSPS) is 17.7. The quantitative estimate of drug-likeness (QED) is 0.937. The zero-order valence-electron chi connectivity index (χ0n) is 12.1. The molecule has 0 unspecified atom stereocenters. The maximum absolute atomic E-state index is 11.9. The topological polar surface area (TPSA) is 58.4 Å². The molecule has 1 aromatic carbocycles. The summed E-state index contributed by atoms with van der Waals surface area (Å²) in [4.78, 5) is 18.4. The second kappa shape index (κ2) is 5.24. The van der Waals surface area contributed by atoms with Crippen LogP contribution >= 0.6 is 0 Å². The highest BCUT2D eigenvalue weighted by Gasteiger charge is 2.43. The minimum atomic E-state index is -0.775. The van der Waals surface area contributed by atoms with Crippen molar-refractivity contribution < 1.29 is 9.90 Å². The number of aromatic nitrogens is 2. The van der Waals surface area contributed by atoms with Gasteiger partial charge in [-0.15, -0.1) is 0 Å². The Morgan fingerprint density at radius 2 is 1.90 bits per heavy atom. The summed E-state index contributed by atoms with van der Waals surface area (Å²) in [5.41, 5.74) is 0.125. The van der Waals surface area contributed by atoms with Crippen molar-refractivity contribution in [3.63, 3.8) is 0 Å². The van der Waals surface area contributed by atoms with Crippen LogP contribution in [0.2, 0.25) is 0 Å². The van der Waals surface area contributed by atoms with E-state index >= 15 is 0 Å².